The van der Waals surface area contributed by atoms with E-state index in [1.54, 1.807) is 0 Å². The molecule has 0 aliphatic rings. The Morgan fingerprint density at radius 1 is 1.24 bits per heavy atom. The minimum Gasteiger partial charge on any atom is -0.356 e. The molecule has 2 rings (SSSR count). The number of carbonyl (C=O) groups excluding carboxylic acids is 1. The van der Waals surface area contributed by atoms with Gasteiger partial charge in [0.1, 0.15) is 5.82 Å². The van der Waals surface area contributed by atoms with E-state index in [2.05, 4.69) is 30.7 Å². The summed E-state index contributed by atoms with van der Waals surface area (Å²) in [7, 11) is 2.00. The van der Waals surface area contributed by atoms with Crippen LogP contribution in [-0.4, -0.2) is 23.9 Å². The van der Waals surface area contributed by atoms with E-state index in [1.807, 2.05) is 31.3 Å². The van der Waals surface area contributed by atoms with Crippen LogP contribution in [-0.2, 0) is 0 Å². The Bertz CT molecular complexity index is 549. The molecule has 1 aromatic heterocycles. The summed E-state index contributed by atoms with van der Waals surface area (Å²) in [4.78, 5) is 16.7. The van der Waals surface area contributed by atoms with Crippen molar-refractivity contribution in [3.63, 3.8) is 0 Å². The Labute approximate surface area is 101 Å². The van der Waals surface area contributed by atoms with Crippen LogP contribution >= 0.6 is 0 Å². The van der Waals surface area contributed by atoms with Crippen LogP contribution < -0.4 is 4.90 Å². The average Bonchev–Trinajstić information content (AvgIpc) is 2.64. The Hall–Kier alpha value is -1.77. The summed E-state index contributed by atoms with van der Waals surface area (Å²) in [6, 6.07) is 7.87. The fourth-order valence-corrected chi connectivity index (χ4v) is 1.87. The van der Waals surface area contributed by atoms with Crippen molar-refractivity contribution in [2.75, 3.05) is 11.9 Å². The van der Waals surface area contributed by atoms with Gasteiger partial charge >= 0.3 is 0 Å². The molecule has 2 aromatic rings. The maximum atomic E-state index is 11.3. The van der Waals surface area contributed by atoms with Crippen molar-refractivity contribution < 1.29 is 4.79 Å². The summed E-state index contributed by atoms with van der Waals surface area (Å²) in [5, 5.41) is 0.980. The molecule has 1 heterocycles. The quantitative estimate of drug-likeness (QED) is 0.804. The zero-order valence-corrected chi connectivity index (χ0v) is 10.7. The fourth-order valence-electron chi connectivity index (χ4n) is 1.87. The SMILES string of the molecule is CN(c1[nH]c2ccccc2c1C=O)C(C)(C)C. The minimum atomic E-state index is -0.0291. The zero-order chi connectivity index (χ0) is 12.6. The lowest BCUT2D eigenvalue weighted by Crippen LogP contribution is -2.38. The van der Waals surface area contributed by atoms with Crippen molar-refractivity contribution in [2.24, 2.45) is 0 Å². The maximum absolute atomic E-state index is 11.3. The van der Waals surface area contributed by atoms with E-state index in [0.29, 0.717) is 0 Å². The molecule has 0 aliphatic heterocycles. The molecular weight excluding hydrogens is 212 g/mol. The molecule has 17 heavy (non-hydrogen) atoms. The number of nitrogens with zero attached hydrogens (tertiary/aromatic N) is 1. The number of para-hydroxylation sites is 1. The van der Waals surface area contributed by atoms with Gasteiger partial charge in [0, 0.05) is 23.5 Å². The van der Waals surface area contributed by atoms with Gasteiger partial charge in [0.25, 0.3) is 0 Å². The lowest BCUT2D eigenvalue weighted by molar-refractivity contribution is 0.112. The molecule has 1 aromatic carbocycles. The monoisotopic (exact) mass is 230 g/mol. The Morgan fingerprint density at radius 2 is 1.88 bits per heavy atom. The van der Waals surface area contributed by atoms with E-state index in [4.69, 9.17) is 0 Å². The minimum absolute atomic E-state index is 0.0291. The predicted octanol–water partition coefficient (Wildman–Crippen LogP) is 3.22. The molecule has 0 saturated carbocycles. The highest BCUT2D eigenvalue weighted by atomic mass is 16.1. The van der Waals surface area contributed by atoms with Gasteiger partial charge < -0.3 is 9.88 Å². The number of hydrogen-bond donors (Lipinski definition) is 1. The summed E-state index contributed by atoms with van der Waals surface area (Å²) in [5.74, 6) is 0.883. The molecule has 3 heteroatoms. The number of aldehydes is 1. The first-order valence-corrected chi connectivity index (χ1v) is 5.75. The van der Waals surface area contributed by atoms with Crippen molar-refractivity contribution in [2.45, 2.75) is 26.3 Å². The number of nitrogens with one attached hydrogen (secondary N) is 1. The highest BCUT2D eigenvalue weighted by Gasteiger charge is 2.22. The highest BCUT2D eigenvalue weighted by molar-refractivity contribution is 6.03. The number of rotatable bonds is 2. The van der Waals surface area contributed by atoms with Gasteiger partial charge in [-0.25, -0.2) is 0 Å². The summed E-state index contributed by atoms with van der Waals surface area (Å²) >= 11 is 0. The first-order valence-electron chi connectivity index (χ1n) is 5.75. The molecule has 0 unspecified atom stereocenters. The van der Waals surface area contributed by atoms with Crippen LogP contribution in [0.3, 0.4) is 0 Å². The third-order valence-electron chi connectivity index (χ3n) is 3.18. The lowest BCUT2D eigenvalue weighted by atomic mass is 10.1. The normalized spacial score (nSPS) is 11.8. The fraction of sp³-hybridized carbons (Fsp3) is 0.357. The van der Waals surface area contributed by atoms with Crippen LogP contribution in [0.15, 0.2) is 24.3 Å². The molecule has 0 bridgehead atoms. The van der Waals surface area contributed by atoms with Crippen LogP contribution in [0.2, 0.25) is 0 Å². The second-order valence-corrected chi connectivity index (χ2v) is 5.28. The molecular formula is C14H18N2O. The van der Waals surface area contributed by atoms with Gasteiger partial charge in [-0.15, -0.1) is 0 Å². The lowest BCUT2D eigenvalue weighted by Gasteiger charge is -2.33. The van der Waals surface area contributed by atoms with E-state index in [-0.39, 0.29) is 5.54 Å². The summed E-state index contributed by atoms with van der Waals surface area (Å²) in [6.45, 7) is 6.35. The second-order valence-electron chi connectivity index (χ2n) is 5.28. The van der Waals surface area contributed by atoms with E-state index >= 15 is 0 Å². The Morgan fingerprint density at radius 3 is 2.47 bits per heavy atom. The third kappa shape index (κ3) is 1.93. The number of hydrogen-bond acceptors (Lipinski definition) is 2. The largest absolute Gasteiger partial charge is 0.356 e. The molecule has 0 atom stereocenters. The van der Waals surface area contributed by atoms with Crippen LogP contribution in [0.25, 0.3) is 10.9 Å². The van der Waals surface area contributed by atoms with Crippen LogP contribution in [0, 0.1) is 0 Å². The van der Waals surface area contributed by atoms with Gasteiger partial charge in [-0.2, -0.15) is 0 Å². The van der Waals surface area contributed by atoms with E-state index in [9.17, 15) is 4.79 Å². The first-order chi connectivity index (χ1) is 7.95. The van der Waals surface area contributed by atoms with Gasteiger partial charge in [-0.3, -0.25) is 4.79 Å². The molecule has 0 aliphatic carbocycles. The predicted molar refractivity (Wildman–Crippen MR) is 71.8 cm³/mol. The van der Waals surface area contributed by atoms with Crippen LogP contribution in [0.4, 0.5) is 5.82 Å². The molecule has 3 nitrogen and oxygen atoms in total. The summed E-state index contributed by atoms with van der Waals surface area (Å²) in [5.41, 5.74) is 1.71. The van der Waals surface area contributed by atoms with E-state index in [0.717, 1.165) is 28.6 Å². The van der Waals surface area contributed by atoms with E-state index < -0.39 is 0 Å². The van der Waals surface area contributed by atoms with Gasteiger partial charge in [0.05, 0.1) is 5.56 Å². The molecule has 0 fully saturated rings. The van der Waals surface area contributed by atoms with Gasteiger partial charge in [0.15, 0.2) is 6.29 Å². The molecule has 0 radical (unpaired) electrons. The molecule has 0 spiro atoms. The van der Waals surface area contributed by atoms with Crippen molar-refractivity contribution >= 4 is 23.0 Å². The average molecular weight is 230 g/mol. The zero-order valence-electron chi connectivity index (χ0n) is 10.7. The van der Waals surface area contributed by atoms with Crippen molar-refractivity contribution in [1.82, 2.24) is 4.98 Å². The summed E-state index contributed by atoms with van der Waals surface area (Å²) in [6.07, 6.45) is 0.927. The van der Waals surface area contributed by atoms with Crippen molar-refractivity contribution in [3.05, 3.63) is 29.8 Å². The van der Waals surface area contributed by atoms with Crippen molar-refractivity contribution in [1.29, 1.82) is 0 Å². The number of aromatic nitrogens is 1. The smallest absolute Gasteiger partial charge is 0.154 e. The van der Waals surface area contributed by atoms with E-state index in [1.165, 1.54) is 0 Å². The van der Waals surface area contributed by atoms with Crippen LogP contribution in [0.5, 0.6) is 0 Å². The number of H-pyrrole nitrogens is 1. The number of carbonyl (C=O) groups is 1. The summed E-state index contributed by atoms with van der Waals surface area (Å²) < 4.78 is 0. The molecule has 0 amide bonds. The molecule has 1 N–H and O–H groups in total. The maximum Gasteiger partial charge on any atom is 0.154 e. The molecule has 90 valence electrons. The standard InChI is InChI=1S/C14H18N2O/c1-14(2,3)16(4)13-11(9-17)10-7-5-6-8-12(10)15-13/h5-9,15H,1-4H3. The number of fused-ring (bicyclic) bond motifs is 1. The third-order valence-corrected chi connectivity index (χ3v) is 3.18. The highest BCUT2D eigenvalue weighted by Crippen LogP contribution is 2.30. The van der Waals surface area contributed by atoms with Gasteiger partial charge in [-0.05, 0) is 26.8 Å². The second kappa shape index (κ2) is 3.91. The topological polar surface area (TPSA) is 36.1 Å². The van der Waals surface area contributed by atoms with Crippen molar-refractivity contribution in [3.8, 4) is 0 Å². The van der Waals surface area contributed by atoms with Crippen LogP contribution in [0.1, 0.15) is 31.1 Å². The number of benzene rings is 1. The first kappa shape index (κ1) is 11.7. The van der Waals surface area contributed by atoms with Gasteiger partial charge in [-0.1, -0.05) is 18.2 Å². The van der Waals surface area contributed by atoms with Gasteiger partial charge in [0.2, 0.25) is 0 Å². The Kier molecular flexibility index (Phi) is 2.69. The number of anilines is 1. The number of aromatic amines is 1. The Balaban J connectivity index is 2.65. The molecule has 0 saturated heterocycles.